The van der Waals surface area contributed by atoms with E-state index in [4.69, 9.17) is 10.5 Å². The lowest BCUT2D eigenvalue weighted by Crippen LogP contribution is -2.45. The molecule has 3 aromatic heterocycles. The van der Waals surface area contributed by atoms with E-state index in [2.05, 4.69) is 46.2 Å². The molecule has 1 aliphatic heterocycles. The third kappa shape index (κ3) is 4.38. The van der Waals surface area contributed by atoms with Crippen LogP contribution in [0.1, 0.15) is 50.2 Å². The van der Waals surface area contributed by atoms with E-state index in [0.29, 0.717) is 35.3 Å². The highest BCUT2D eigenvalue weighted by Crippen LogP contribution is 2.29. The fraction of sp³-hybridized carbons (Fsp3) is 0.478. The van der Waals surface area contributed by atoms with E-state index in [1.165, 1.54) is 0 Å². The first kappa shape index (κ1) is 22.0. The minimum Gasteiger partial charge on any atom is -0.493 e. The van der Waals surface area contributed by atoms with Crippen LogP contribution in [-0.2, 0) is 0 Å². The Balaban J connectivity index is 1.63. The van der Waals surface area contributed by atoms with Gasteiger partial charge in [-0.05, 0) is 53.2 Å². The normalized spacial score (nSPS) is 16.7. The number of aromatic nitrogens is 4. The lowest BCUT2D eigenvalue weighted by molar-refractivity contribution is 0.0996. The number of hydrogen-bond donors (Lipinski definition) is 2. The largest absolute Gasteiger partial charge is 0.493 e. The number of nitrogens with one attached hydrogen (secondary N) is 1. The molecule has 1 unspecified atom stereocenters. The number of hydrogen-bond acceptors (Lipinski definition) is 7. The van der Waals surface area contributed by atoms with Crippen molar-refractivity contribution in [2.45, 2.75) is 52.6 Å². The molecular weight excluding hydrogens is 406 g/mol. The third-order valence-corrected chi connectivity index (χ3v) is 5.50. The van der Waals surface area contributed by atoms with Gasteiger partial charge in [0.2, 0.25) is 0 Å². The number of carbonyl (C=O) groups is 1. The summed E-state index contributed by atoms with van der Waals surface area (Å²) in [5, 5.41) is 12.6. The zero-order chi connectivity index (χ0) is 23.0. The van der Waals surface area contributed by atoms with E-state index >= 15 is 0 Å². The topological polar surface area (TPSA) is 111 Å². The summed E-state index contributed by atoms with van der Waals surface area (Å²) in [6.45, 7) is 12.6. The summed E-state index contributed by atoms with van der Waals surface area (Å²) in [5.74, 6) is 0.731. The third-order valence-electron chi connectivity index (χ3n) is 5.50. The summed E-state index contributed by atoms with van der Waals surface area (Å²) in [7, 11) is 0. The van der Waals surface area contributed by atoms with Gasteiger partial charge in [0.15, 0.2) is 5.82 Å². The van der Waals surface area contributed by atoms with E-state index in [1.807, 2.05) is 30.4 Å². The Bertz CT molecular complexity index is 1130. The van der Waals surface area contributed by atoms with Crippen LogP contribution in [-0.4, -0.2) is 56.8 Å². The number of rotatable bonds is 6. The van der Waals surface area contributed by atoms with Gasteiger partial charge >= 0.3 is 0 Å². The highest BCUT2D eigenvalue weighted by molar-refractivity contribution is 5.96. The molecule has 9 nitrogen and oxygen atoms in total. The number of imidazole rings is 1. The van der Waals surface area contributed by atoms with Crippen LogP contribution in [0.5, 0.6) is 5.75 Å². The molecule has 4 heterocycles. The number of carbonyl (C=O) groups excluding carboxylic acids is 1. The Labute approximate surface area is 188 Å². The standard InChI is InChI=1S/C23H31N7O2/c1-6-32-18-11-20-25-14(2)21(30(20)13-16(18)22(24)31)17-7-8-19(28-27-17)29-10-9-15(12-29)26-23(3,4)5/h7-8,11,13,15,26H,6,9-10,12H2,1-5H3,(H2,24,31). The molecule has 9 heteroatoms. The van der Waals surface area contributed by atoms with Gasteiger partial charge in [0.1, 0.15) is 17.1 Å². The maximum absolute atomic E-state index is 12.0. The van der Waals surface area contributed by atoms with E-state index in [-0.39, 0.29) is 5.54 Å². The Morgan fingerprint density at radius 3 is 2.72 bits per heavy atom. The first-order valence-electron chi connectivity index (χ1n) is 11.0. The molecule has 3 aromatic rings. The number of fused-ring (bicyclic) bond motifs is 1. The minimum absolute atomic E-state index is 0.0859. The maximum atomic E-state index is 12.0. The molecule has 0 saturated carbocycles. The van der Waals surface area contributed by atoms with E-state index in [0.717, 1.165) is 36.7 Å². The second kappa shape index (κ2) is 8.38. The van der Waals surface area contributed by atoms with Crippen LogP contribution in [0.3, 0.4) is 0 Å². The first-order chi connectivity index (χ1) is 15.2. The van der Waals surface area contributed by atoms with Crippen LogP contribution < -0.4 is 20.7 Å². The average molecular weight is 438 g/mol. The van der Waals surface area contributed by atoms with E-state index in [1.54, 1.807) is 12.3 Å². The molecule has 0 bridgehead atoms. The van der Waals surface area contributed by atoms with Gasteiger partial charge in [-0.1, -0.05) is 0 Å². The zero-order valence-corrected chi connectivity index (χ0v) is 19.3. The molecular formula is C23H31N7O2. The number of nitrogens with two attached hydrogens (primary N) is 1. The van der Waals surface area contributed by atoms with Crippen molar-refractivity contribution >= 4 is 17.4 Å². The molecule has 1 saturated heterocycles. The minimum atomic E-state index is -0.554. The predicted octanol–water partition coefficient (Wildman–Crippen LogP) is 2.56. The number of ether oxygens (including phenoxy) is 1. The van der Waals surface area contributed by atoms with Gasteiger partial charge in [-0.2, -0.15) is 0 Å². The van der Waals surface area contributed by atoms with Crippen molar-refractivity contribution in [2.75, 3.05) is 24.6 Å². The van der Waals surface area contributed by atoms with Crippen molar-refractivity contribution in [1.82, 2.24) is 24.9 Å². The number of nitrogens with zero attached hydrogens (tertiary/aromatic N) is 5. The second-order valence-electron chi connectivity index (χ2n) is 9.23. The summed E-state index contributed by atoms with van der Waals surface area (Å²) in [5.41, 5.74) is 8.87. The summed E-state index contributed by atoms with van der Waals surface area (Å²) >= 11 is 0. The molecule has 1 aliphatic rings. The fourth-order valence-electron chi connectivity index (χ4n) is 4.28. The van der Waals surface area contributed by atoms with E-state index in [9.17, 15) is 4.79 Å². The molecule has 170 valence electrons. The van der Waals surface area contributed by atoms with Gasteiger partial charge in [0, 0.05) is 36.9 Å². The van der Waals surface area contributed by atoms with Gasteiger partial charge in [-0.15, -0.1) is 10.2 Å². The highest BCUT2D eigenvalue weighted by Gasteiger charge is 2.27. The van der Waals surface area contributed by atoms with Crippen molar-refractivity contribution in [3.05, 3.63) is 35.7 Å². The number of aryl methyl sites for hydroxylation is 1. The summed E-state index contributed by atoms with van der Waals surface area (Å²) < 4.78 is 7.40. The van der Waals surface area contributed by atoms with Crippen molar-refractivity contribution in [3.8, 4) is 17.1 Å². The average Bonchev–Trinajstić information content (AvgIpc) is 3.29. The Morgan fingerprint density at radius 1 is 1.31 bits per heavy atom. The van der Waals surface area contributed by atoms with Gasteiger partial charge < -0.3 is 20.7 Å². The second-order valence-corrected chi connectivity index (χ2v) is 9.23. The molecule has 1 fully saturated rings. The van der Waals surface area contributed by atoms with Gasteiger partial charge in [-0.25, -0.2) is 4.98 Å². The van der Waals surface area contributed by atoms with Crippen LogP contribution in [0.2, 0.25) is 0 Å². The zero-order valence-electron chi connectivity index (χ0n) is 19.3. The van der Waals surface area contributed by atoms with Gasteiger partial charge in [-0.3, -0.25) is 9.20 Å². The monoisotopic (exact) mass is 437 g/mol. The Hall–Kier alpha value is -3.20. The molecule has 0 spiro atoms. The first-order valence-corrected chi connectivity index (χ1v) is 11.0. The van der Waals surface area contributed by atoms with Crippen LogP contribution in [0.15, 0.2) is 24.4 Å². The number of amides is 1. The summed E-state index contributed by atoms with van der Waals surface area (Å²) in [4.78, 5) is 18.8. The Kier molecular flexibility index (Phi) is 5.77. The molecule has 4 rings (SSSR count). The molecule has 1 amide bonds. The van der Waals surface area contributed by atoms with Crippen LogP contribution in [0.25, 0.3) is 17.0 Å². The Morgan fingerprint density at radius 2 is 2.09 bits per heavy atom. The molecule has 0 radical (unpaired) electrons. The van der Waals surface area contributed by atoms with Crippen molar-refractivity contribution < 1.29 is 9.53 Å². The maximum Gasteiger partial charge on any atom is 0.253 e. The van der Waals surface area contributed by atoms with Gasteiger partial charge in [0.05, 0.1) is 23.6 Å². The van der Waals surface area contributed by atoms with Gasteiger partial charge in [0.25, 0.3) is 5.91 Å². The SMILES string of the molecule is CCOc1cc2nc(C)c(-c3ccc(N4CCC(NC(C)(C)C)C4)nn3)n2cc1C(N)=O. The van der Waals surface area contributed by atoms with Crippen LogP contribution >= 0.6 is 0 Å². The molecule has 0 aromatic carbocycles. The molecule has 0 aliphatic carbocycles. The molecule has 3 N–H and O–H groups in total. The van der Waals surface area contributed by atoms with Crippen molar-refractivity contribution in [2.24, 2.45) is 5.73 Å². The summed E-state index contributed by atoms with van der Waals surface area (Å²) in [6.07, 6.45) is 2.74. The molecule has 32 heavy (non-hydrogen) atoms. The number of primary amides is 1. The predicted molar refractivity (Wildman–Crippen MR) is 124 cm³/mol. The number of pyridine rings is 1. The summed E-state index contributed by atoms with van der Waals surface area (Å²) in [6, 6.07) is 6.10. The number of anilines is 1. The van der Waals surface area contributed by atoms with E-state index < -0.39 is 5.91 Å². The molecule has 1 atom stereocenters. The lowest BCUT2D eigenvalue weighted by Gasteiger charge is -2.26. The van der Waals surface area contributed by atoms with Crippen LogP contribution in [0, 0.1) is 6.92 Å². The van der Waals surface area contributed by atoms with Crippen LogP contribution in [0.4, 0.5) is 5.82 Å². The van der Waals surface area contributed by atoms with Crippen molar-refractivity contribution in [1.29, 1.82) is 0 Å². The smallest absolute Gasteiger partial charge is 0.253 e. The quantitative estimate of drug-likeness (QED) is 0.610. The highest BCUT2D eigenvalue weighted by atomic mass is 16.5. The lowest BCUT2D eigenvalue weighted by atomic mass is 10.1. The fourth-order valence-corrected chi connectivity index (χ4v) is 4.28. The van der Waals surface area contributed by atoms with Crippen molar-refractivity contribution in [3.63, 3.8) is 0 Å².